The number of nitrogens with zero attached hydrogens (tertiary/aromatic N) is 1. The largest absolute Gasteiger partial charge is 0.493 e. The third kappa shape index (κ3) is 3.76. The lowest BCUT2D eigenvalue weighted by atomic mass is 10.2. The Morgan fingerprint density at radius 3 is 2.58 bits per heavy atom. The van der Waals surface area contributed by atoms with E-state index in [4.69, 9.17) is 15.2 Å². The highest BCUT2D eigenvalue weighted by Gasteiger charge is 2.21. The Morgan fingerprint density at radius 2 is 2.00 bits per heavy atom. The Hall–Kier alpha value is -1.43. The van der Waals surface area contributed by atoms with Crippen molar-refractivity contribution < 1.29 is 9.47 Å². The van der Waals surface area contributed by atoms with Gasteiger partial charge in [-0.05, 0) is 30.5 Å². The van der Waals surface area contributed by atoms with Gasteiger partial charge in [0.25, 0.3) is 0 Å². The highest BCUT2D eigenvalue weighted by Crippen LogP contribution is 2.33. The molecule has 0 atom stereocenters. The summed E-state index contributed by atoms with van der Waals surface area (Å²) < 4.78 is 11.4. The van der Waals surface area contributed by atoms with Gasteiger partial charge in [-0.3, -0.25) is 0 Å². The molecule has 2 rings (SSSR count). The predicted molar refractivity (Wildman–Crippen MR) is 78.7 cm³/mol. The Morgan fingerprint density at radius 1 is 1.37 bits per heavy atom. The van der Waals surface area contributed by atoms with Gasteiger partial charge in [-0.25, -0.2) is 4.99 Å². The van der Waals surface area contributed by atoms with Crippen molar-refractivity contribution in [1.29, 1.82) is 0 Å². The first-order valence-electron chi connectivity index (χ1n) is 6.11. The number of methoxy groups -OCH3 is 2. The lowest BCUT2D eigenvalue weighted by molar-refractivity contribution is 0.354. The summed E-state index contributed by atoms with van der Waals surface area (Å²) in [5.41, 5.74) is 6.81. The molecule has 0 aromatic heterocycles. The molecule has 1 aromatic rings. The van der Waals surface area contributed by atoms with Crippen molar-refractivity contribution in [3.63, 3.8) is 0 Å². The van der Waals surface area contributed by atoms with Gasteiger partial charge in [-0.1, -0.05) is 15.9 Å². The zero-order chi connectivity index (χ0) is 13.8. The summed E-state index contributed by atoms with van der Waals surface area (Å²) in [7, 11) is 3.22. The Balaban J connectivity index is 2.10. The maximum absolute atomic E-state index is 5.81. The van der Waals surface area contributed by atoms with Gasteiger partial charge < -0.3 is 20.5 Å². The summed E-state index contributed by atoms with van der Waals surface area (Å²) in [5.74, 6) is 1.86. The van der Waals surface area contributed by atoms with Gasteiger partial charge in [-0.2, -0.15) is 0 Å². The van der Waals surface area contributed by atoms with Crippen LogP contribution >= 0.6 is 15.9 Å². The van der Waals surface area contributed by atoms with Gasteiger partial charge in [0.05, 0.1) is 20.8 Å². The summed E-state index contributed by atoms with van der Waals surface area (Å²) in [6, 6.07) is 4.28. The van der Waals surface area contributed by atoms with Crippen LogP contribution in [0, 0.1) is 0 Å². The van der Waals surface area contributed by atoms with Crippen LogP contribution in [0.15, 0.2) is 21.6 Å². The van der Waals surface area contributed by atoms with Crippen LogP contribution in [-0.4, -0.2) is 26.2 Å². The smallest absolute Gasteiger partial charge is 0.189 e. The number of guanidine groups is 1. The molecule has 0 bridgehead atoms. The van der Waals surface area contributed by atoms with Gasteiger partial charge in [0.1, 0.15) is 0 Å². The molecule has 0 radical (unpaired) electrons. The third-order valence-corrected chi connectivity index (χ3v) is 3.64. The molecular weight excluding hydrogens is 310 g/mol. The number of benzene rings is 1. The third-order valence-electron chi connectivity index (χ3n) is 2.90. The molecule has 6 heteroatoms. The van der Waals surface area contributed by atoms with Crippen molar-refractivity contribution in [2.45, 2.75) is 25.4 Å². The van der Waals surface area contributed by atoms with Crippen LogP contribution < -0.4 is 20.5 Å². The topological polar surface area (TPSA) is 68.9 Å². The molecule has 3 N–H and O–H groups in total. The molecule has 1 aliphatic rings. The summed E-state index contributed by atoms with van der Waals surface area (Å²) in [4.78, 5) is 4.32. The fourth-order valence-electron chi connectivity index (χ4n) is 1.67. The Kier molecular flexibility index (Phi) is 4.52. The minimum atomic E-state index is 0.490. The molecule has 0 spiro atoms. The molecule has 1 saturated carbocycles. The van der Waals surface area contributed by atoms with E-state index < -0.39 is 0 Å². The van der Waals surface area contributed by atoms with Gasteiger partial charge in [0.15, 0.2) is 17.5 Å². The highest BCUT2D eigenvalue weighted by molar-refractivity contribution is 9.10. The maximum atomic E-state index is 5.81. The van der Waals surface area contributed by atoms with E-state index in [1.165, 1.54) is 12.8 Å². The number of halogens is 1. The fraction of sp³-hybridized carbons (Fsp3) is 0.462. The second kappa shape index (κ2) is 6.14. The zero-order valence-corrected chi connectivity index (χ0v) is 12.7. The van der Waals surface area contributed by atoms with Crippen molar-refractivity contribution in [3.8, 4) is 11.5 Å². The van der Waals surface area contributed by atoms with Crippen LogP contribution in [0.4, 0.5) is 0 Å². The fourth-order valence-corrected chi connectivity index (χ4v) is 2.12. The average molecular weight is 328 g/mol. The number of ether oxygens (including phenoxy) is 2. The maximum Gasteiger partial charge on any atom is 0.189 e. The van der Waals surface area contributed by atoms with Gasteiger partial charge in [0, 0.05) is 10.5 Å². The Bertz CT molecular complexity index is 487. The van der Waals surface area contributed by atoms with Crippen LogP contribution in [0.5, 0.6) is 11.5 Å². The standard InChI is InChI=1S/C13H18BrN3O2/c1-18-11-5-8(10(14)6-12(11)19-2)7-16-13(15)17-9-3-4-9/h5-6,9H,3-4,7H2,1-2H3,(H3,15,16,17). The molecule has 0 saturated heterocycles. The number of hydrogen-bond donors (Lipinski definition) is 2. The monoisotopic (exact) mass is 327 g/mol. The number of aliphatic imine (C=N–C) groups is 1. The number of nitrogens with two attached hydrogens (primary N) is 1. The molecule has 0 amide bonds. The zero-order valence-electron chi connectivity index (χ0n) is 11.1. The van der Waals surface area contributed by atoms with E-state index in [1.807, 2.05) is 12.1 Å². The molecule has 5 nitrogen and oxygen atoms in total. The van der Waals surface area contributed by atoms with Crippen molar-refractivity contribution in [1.82, 2.24) is 5.32 Å². The average Bonchev–Trinajstić information content (AvgIpc) is 3.20. The Labute approximate surface area is 121 Å². The van der Waals surface area contributed by atoms with E-state index in [9.17, 15) is 0 Å². The second-order valence-electron chi connectivity index (χ2n) is 4.42. The van der Waals surface area contributed by atoms with E-state index in [-0.39, 0.29) is 0 Å². The molecule has 1 fully saturated rings. The quantitative estimate of drug-likeness (QED) is 0.641. The van der Waals surface area contributed by atoms with Crippen LogP contribution in [0.3, 0.4) is 0 Å². The van der Waals surface area contributed by atoms with E-state index in [0.717, 1.165) is 10.0 Å². The minimum Gasteiger partial charge on any atom is -0.493 e. The van der Waals surface area contributed by atoms with E-state index >= 15 is 0 Å². The van der Waals surface area contributed by atoms with Gasteiger partial charge in [-0.15, -0.1) is 0 Å². The molecular formula is C13H18BrN3O2. The predicted octanol–water partition coefficient (Wildman–Crippen LogP) is 2.03. The van der Waals surface area contributed by atoms with E-state index in [1.54, 1.807) is 14.2 Å². The first-order valence-corrected chi connectivity index (χ1v) is 6.90. The number of hydrogen-bond acceptors (Lipinski definition) is 3. The first kappa shape index (κ1) is 14.0. The minimum absolute atomic E-state index is 0.490. The lowest BCUT2D eigenvalue weighted by Gasteiger charge is -2.11. The van der Waals surface area contributed by atoms with Crippen molar-refractivity contribution in [2.75, 3.05) is 14.2 Å². The highest BCUT2D eigenvalue weighted by atomic mass is 79.9. The summed E-state index contributed by atoms with van der Waals surface area (Å²) in [6.45, 7) is 0.493. The van der Waals surface area contributed by atoms with Crippen molar-refractivity contribution in [3.05, 3.63) is 22.2 Å². The normalized spacial score (nSPS) is 15.2. The second-order valence-corrected chi connectivity index (χ2v) is 5.27. The SMILES string of the molecule is COc1cc(Br)c(CN=C(N)NC2CC2)cc1OC. The first-order chi connectivity index (χ1) is 9.13. The van der Waals surface area contributed by atoms with Crippen molar-refractivity contribution >= 4 is 21.9 Å². The summed E-state index contributed by atoms with van der Waals surface area (Å²) in [5, 5.41) is 3.15. The number of rotatable bonds is 5. The van der Waals surface area contributed by atoms with Crippen molar-refractivity contribution in [2.24, 2.45) is 10.7 Å². The molecule has 0 heterocycles. The summed E-state index contributed by atoms with van der Waals surface area (Å²) >= 11 is 3.50. The van der Waals surface area contributed by atoms with Gasteiger partial charge >= 0.3 is 0 Å². The molecule has 0 aliphatic heterocycles. The molecule has 0 unspecified atom stereocenters. The molecule has 1 aromatic carbocycles. The summed E-state index contributed by atoms with van der Waals surface area (Å²) in [6.07, 6.45) is 2.35. The van der Waals surface area contributed by atoms with Gasteiger partial charge in [0.2, 0.25) is 0 Å². The van der Waals surface area contributed by atoms with E-state index in [0.29, 0.717) is 30.0 Å². The molecule has 19 heavy (non-hydrogen) atoms. The van der Waals surface area contributed by atoms with Crippen LogP contribution in [0.25, 0.3) is 0 Å². The van der Waals surface area contributed by atoms with Crippen LogP contribution in [0.2, 0.25) is 0 Å². The lowest BCUT2D eigenvalue weighted by Crippen LogP contribution is -2.33. The van der Waals surface area contributed by atoms with Crippen LogP contribution in [0.1, 0.15) is 18.4 Å². The molecule has 1 aliphatic carbocycles. The number of nitrogens with one attached hydrogen (secondary N) is 1. The molecule has 104 valence electrons. The van der Waals surface area contributed by atoms with E-state index in [2.05, 4.69) is 26.2 Å². The van der Waals surface area contributed by atoms with Crippen LogP contribution in [-0.2, 0) is 6.54 Å².